The molecule has 2 aromatic carbocycles. The summed E-state index contributed by atoms with van der Waals surface area (Å²) < 4.78 is 15.4. The molecule has 0 bridgehead atoms. The van der Waals surface area contributed by atoms with Crippen molar-refractivity contribution in [3.05, 3.63) is 96.1 Å². The van der Waals surface area contributed by atoms with Crippen molar-refractivity contribution < 1.29 is 4.39 Å². The van der Waals surface area contributed by atoms with Gasteiger partial charge in [-0.3, -0.25) is 0 Å². The van der Waals surface area contributed by atoms with Crippen LogP contribution in [0.4, 0.5) is 10.2 Å². The highest BCUT2D eigenvalue weighted by atomic mass is 19.1. The Bertz CT molecular complexity index is 991. The molecule has 1 N–H and O–H groups in total. The molecule has 0 fully saturated rings. The molecular formula is C22H20FN3. The fourth-order valence-corrected chi connectivity index (χ4v) is 3.23. The summed E-state index contributed by atoms with van der Waals surface area (Å²) in [6.07, 6.45) is 4.90. The number of hydrogen-bond donors (Lipinski definition) is 1. The molecule has 0 saturated carbocycles. The molecule has 0 atom stereocenters. The fraction of sp³-hybridized carbons (Fsp3) is 0.136. The number of halogens is 1. The van der Waals surface area contributed by atoms with Crippen molar-refractivity contribution in [2.45, 2.75) is 13.0 Å². The minimum Gasteiger partial charge on any atom is -0.370 e. The van der Waals surface area contributed by atoms with Crippen LogP contribution in [0.5, 0.6) is 0 Å². The minimum absolute atomic E-state index is 0.201. The lowest BCUT2D eigenvalue weighted by Gasteiger charge is -2.05. The number of nitrogens with zero attached hydrogens (tertiary/aromatic N) is 2. The van der Waals surface area contributed by atoms with E-state index >= 15 is 0 Å². The highest BCUT2D eigenvalue weighted by Gasteiger charge is 2.08. The minimum atomic E-state index is -0.201. The summed E-state index contributed by atoms with van der Waals surface area (Å²) >= 11 is 0. The molecule has 3 nitrogen and oxygen atoms in total. The molecule has 130 valence electrons. The van der Waals surface area contributed by atoms with Gasteiger partial charge in [0.1, 0.15) is 11.6 Å². The van der Waals surface area contributed by atoms with Crippen molar-refractivity contribution >= 4 is 16.7 Å². The molecule has 0 aliphatic heterocycles. The maximum atomic E-state index is 13.1. The quantitative estimate of drug-likeness (QED) is 0.540. The van der Waals surface area contributed by atoms with Crippen molar-refractivity contribution in [3.8, 4) is 0 Å². The van der Waals surface area contributed by atoms with E-state index in [0.717, 1.165) is 30.9 Å². The number of nitrogens with one attached hydrogen (secondary N) is 1. The van der Waals surface area contributed by atoms with E-state index < -0.39 is 0 Å². The predicted octanol–water partition coefficient (Wildman–Crippen LogP) is 4.88. The van der Waals surface area contributed by atoms with Gasteiger partial charge < -0.3 is 9.88 Å². The van der Waals surface area contributed by atoms with Crippen LogP contribution in [0.1, 0.15) is 11.1 Å². The van der Waals surface area contributed by atoms with Gasteiger partial charge in [0.15, 0.2) is 0 Å². The topological polar surface area (TPSA) is 29.9 Å². The smallest absolute Gasteiger partial charge is 0.125 e. The van der Waals surface area contributed by atoms with Crippen molar-refractivity contribution in [3.63, 3.8) is 0 Å². The van der Waals surface area contributed by atoms with E-state index in [-0.39, 0.29) is 5.82 Å². The Kier molecular flexibility index (Phi) is 4.65. The second-order valence-electron chi connectivity index (χ2n) is 6.32. The second-order valence-corrected chi connectivity index (χ2v) is 6.32. The van der Waals surface area contributed by atoms with Crippen molar-refractivity contribution in [1.29, 1.82) is 0 Å². The first-order valence-electron chi connectivity index (χ1n) is 8.76. The summed E-state index contributed by atoms with van der Waals surface area (Å²) in [5.41, 5.74) is 3.58. The van der Waals surface area contributed by atoms with Gasteiger partial charge in [0.05, 0.1) is 0 Å². The molecule has 4 heteroatoms. The third-order valence-corrected chi connectivity index (χ3v) is 4.50. The molecule has 0 radical (unpaired) electrons. The van der Waals surface area contributed by atoms with Crippen LogP contribution in [0, 0.1) is 5.82 Å². The Morgan fingerprint density at radius 2 is 1.73 bits per heavy atom. The Morgan fingerprint density at radius 3 is 2.54 bits per heavy atom. The molecule has 26 heavy (non-hydrogen) atoms. The molecule has 0 aliphatic carbocycles. The number of aromatic nitrogens is 2. The number of para-hydroxylation sites is 1. The summed E-state index contributed by atoms with van der Waals surface area (Å²) in [6, 6.07) is 21.0. The van der Waals surface area contributed by atoms with Gasteiger partial charge >= 0.3 is 0 Å². The number of hydrogen-bond acceptors (Lipinski definition) is 2. The summed E-state index contributed by atoms with van der Waals surface area (Å²) in [4.78, 5) is 4.29. The van der Waals surface area contributed by atoms with Gasteiger partial charge in [-0.2, -0.15) is 0 Å². The SMILES string of the molecule is Fc1ccc(Cn2cc(CCNc3ccccn3)c3ccccc32)cc1. The van der Waals surface area contributed by atoms with E-state index in [2.05, 4.69) is 45.3 Å². The molecular weight excluding hydrogens is 325 g/mol. The second kappa shape index (κ2) is 7.40. The number of fused-ring (bicyclic) bond motifs is 1. The fourth-order valence-electron chi connectivity index (χ4n) is 3.23. The third kappa shape index (κ3) is 3.59. The van der Waals surface area contributed by atoms with Crippen LogP contribution in [0.2, 0.25) is 0 Å². The molecule has 0 saturated heterocycles. The zero-order valence-corrected chi connectivity index (χ0v) is 14.4. The van der Waals surface area contributed by atoms with Gasteiger partial charge in [-0.25, -0.2) is 9.37 Å². The van der Waals surface area contributed by atoms with Crippen LogP contribution in [0.15, 0.2) is 79.1 Å². The first-order chi connectivity index (χ1) is 12.8. The molecule has 0 unspecified atom stereocenters. The van der Waals surface area contributed by atoms with Gasteiger partial charge in [-0.15, -0.1) is 0 Å². The van der Waals surface area contributed by atoms with E-state index in [9.17, 15) is 4.39 Å². The average Bonchev–Trinajstić information content (AvgIpc) is 3.02. The van der Waals surface area contributed by atoms with Crippen molar-refractivity contribution in [1.82, 2.24) is 9.55 Å². The lowest BCUT2D eigenvalue weighted by atomic mass is 10.1. The zero-order valence-electron chi connectivity index (χ0n) is 14.4. The van der Waals surface area contributed by atoms with Crippen LogP contribution in [0.3, 0.4) is 0 Å². The zero-order chi connectivity index (χ0) is 17.8. The molecule has 0 spiro atoms. The summed E-state index contributed by atoms with van der Waals surface area (Å²) in [5, 5.41) is 4.62. The van der Waals surface area contributed by atoms with E-state index in [1.807, 2.05) is 30.3 Å². The number of anilines is 1. The molecule has 4 aromatic rings. The highest BCUT2D eigenvalue weighted by Crippen LogP contribution is 2.23. The lowest BCUT2D eigenvalue weighted by Crippen LogP contribution is -2.05. The average molecular weight is 345 g/mol. The van der Waals surface area contributed by atoms with Gasteiger partial charge in [-0.1, -0.05) is 36.4 Å². The van der Waals surface area contributed by atoms with Gasteiger partial charge in [0, 0.05) is 36.4 Å². The Hall–Kier alpha value is -3.14. The van der Waals surface area contributed by atoms with Gasteiger partial charge in [0.25, 0.3) is 0 Å². The highest BCUT2D eigenvalue weighted by molar-refractivity contribution is 5.84. The van der Waals surface area contributed by atoms with Crippen LogP contribution in [-0.4, -0.2) is 16.1 Å². The van der Waals surface area contributed by atoms with Crippen LogP contribution in [0.25, 0.3) is 10.9 Å². The first-order valence-corrected chi connectivity index (χ1v) is 8.76. The van der Waals surface area contributed by atoms with E-state index in [1.165, 1.54) is 28.6 Å². The lowest BCUT2D eigenvalue weighted by molar-refractivity contribution is 0.626. The summed E-state index contributed by atoms with van der Waals surface area (Å²) in [5.74, 6) is 0.690. The Labute approximate surface area is 152 Å². The molecule has 0 amide bonds. The molecule has 4 rings (SSSR count). The predicted molar refractivity (Wildman–Crippen MR) is 104 cm³/mol. The van der Waals surface area contributed by atoms with E-state index in [0.29, 0.717) is 0 Å². The van der Waals surface area contributed by atoms with Crippen molar-refractivity contribution in [2.75, 3.05) is 11.9 Å². The molecule has 2 aromatic heterocycles. The largest absolute Gasteiger partial charge is 0.370 e. The Balaban J connectivity index is 1.54. The van der Waals surface area contributed by atoms with Crippen LogP contribution >= 0.6 is 0 Å². The van der Waals surface area contributed by atoms with Gasteiger partial charge in [0.2, 0.25) is 0 Å². The molecule has 0 aliphatic rings. The Morgan fingerprint density at radius 1 is 0.923 bits per heavy atom. The third-order valence-electron chi connectivity index (χ3n) is 4.50. The van der Waals surface area contributed by atoms with Crippen molar-refractivity contribution in [2.24, 2.45) is 0 Å². The standard InChI is InChI=1S/C22H20FN3/c23-19-10-8-17(9-11-19)15-26-16-18(20-5-1-2-6-21(20)26)12-14-25-22-7-3-4-13-24-22/h1-11,13,16H,12,14-15H2,(H,24,25). The summed E-state index contributed by atoms with van der Waals surface area (Å²) in [7, 11) is 0. The maximum Gasteiger partial charge on any atom is 0.125 e. The van der Waals surface area contributed by atoms with Gasteiger partial charge in [-0.05, 0) is 47.9 Å². The maximum absolute atomic E-state index is 13.1. The first kappa shape index (κ1) is 16.3. The van der Waals surface area contributed by atoms with Crippen LogP contribution < -0.4 is 5.32 Å². The molecule has 2 heterocycles. The van der Waals surface area contributed by atoms with Crippen LogP contribution in [-0.2, 0) is 13.0 Å². The number of rotatable bonds is 6. The summed E-state index contributed by atoms with van der Waals surface area (Å²) in [6.45, 7) is 1.55. The normalized spacial score (nSPS) is 11.0. The number of benzene rings is 2. The van der Waals surface area contributed by atoms with E-state index in [4.69, 9.17) is 0 Å². The number of pyridine rings is 1. The van der Waals surface area contributed by atoms with E-state index in [1.54, 1.807) is 6.20 Å². The monoisotopic (exact) mass is 345 g/mol.